The van der Waals surface area contributed by atoms with E-state index in [-0.39, 0.29) is 23.8 Å². The molecular formula is C27H24O4. The lowest BCUT2D eigenvalue weighted by Gasteiger charge is -2.32. The van der Waals surface area contributed by atoms with Gasteiger partial charge in [0.25, 0.3) is 0 Å². The zero-order chi connectivity index (χ0) is 21.5. The maximum absolute atomic E-state index is 12.8. The number of aryl methyl sites for hydroxylation is 2. The van der Waals surface area contributed by atoms with Crippen molar-refractivity contribution in [2.75, 3.05) is 0 Å². The molecule has 0 saturated heterocycles. The molecule has 0 heterocycles. The highest BCUT2D eigenvalue weighted by molar-refractivity contribution is 5.90. The van der Waals surface area contributed by atoms with Crippen LogP contribution in [-0.2, 0) is 9.47 Å². The number of benzene rings is 3. The number of carbonyl (C=O) groups is 2. The fourth-order valence-electron chi connectivity index (χ4n) is 4.94. The van der Waals surface area contributed by atoms with Crippen LogP contribution in [0.15, 0.2) is 72.8 Å². The Bertz CT molecular complexity index is 1050. The normalized spacial score (nSPS) is 23.3. The third kappa shape index (κ3) is 3.42. The van der Waals surface area contributed by atoms with Crippen molar-refractivity contribution >= 4 is 11.9 Å². The molecule has 0 spiro atoms. The fourth-order valence-corrected chi connectivity index (χ4v) is 4.94. The van der Waals surface area contributed by atoms with Crippen LogP contribution in [-0.4, -0.2) is 24.1 Å². The molecular weight excluding hydrogens is 388 g/mol. The van der Waals surface area contributed by atoms with Gasteiger partial charge in [0.1, 0.15) is 12.2 Å². The van der Waals surface area contributed by atoms with Crippen molar-refractivity contribution in [1.82, 2.24) is 0 Å². The number of hydrogen-bond acceptors (Lipinski definition) is 4. The van der Waals surface area contributed by atoms with Crippen LogP contribution < -0.4 is 0 Å². The van der Waals surface area contributed by atoms with Gasteiger partial charge in [0, 0.05) is 11.8 Å². The number of rotatable bonds is 4. The zero-order valence-corrected chi connectivity index (χ0v) is 17.6. The quantitative estimate of drug-likeness (QED) is 0.543. The molecule has 4 atom stereocenters. The summed E-state index contributed by atoms with van der Waals surface area (Å²) in [6.07, 6.45) is -0.183. The van der Waals surface area contributed by atoms with E-state index in [0.717, 1.165) is 6.42 Å². The van der Waals surface area contributed by atoms with Gasteiger partial charge in [-0.25, -0.2) is 9.59 Å². The Balaban J connectivity index is 1.48. The van der Waals surface area contributed by atoms with Crippen molar-refractivity contribution in [3.63, 3.8) is 0 Å². The summed E-state index contributed by atoms with van der Waals surface area (Å²) in [7, 11) is 0. The smallest absolute Gasteiger partial charge is 0.338 e. The van der Waals surface area contributed by atoms with Gasteiger partial charge in [-0.05, 0) is 66.8 Å². The summed E-state index contributed by atoms with van der Waals surface area (Å²) in [5, 5.41) is 0. The van der Waals surface area contributed by atoms with Gasteiger partial charge < -0.3 is 9.47 Å². The molecule has 0 N–H and O–H groups in total. The summed E-state index contributed by atoms with van der Waals surface area (Å²) in [5.74, 6) is -0.713. The zero-order valence-electron chi connectivity index (χ0n) is 17.6. The first-order valence-corrected chi connectivity index (χ1v) is 10.7. The molecule has 0 radical (unpaired) electrons. The Morgan fingerprint density at radius 2 is 1.06 bits per heavy atom. The number of carbonyl (C=O) groups excluding carboxylic acids is 2. The lowest BCUT2D eigenvalue weighted by atomic mass is 9.85. The summed E-state index contributed by atoms with van der Waals surface area (Å²) >= 11 is 0. The Morgan fingerprint density at radius 3 is 1.45 bits per heavy atom. The van der Waals surface area contributed by atoms with Crippen LogP contribution in [0.25, 0.3) is 0 Å². The summed E-state index contributed by atoms with van der Waals surface area (Å²) < 4.78 is 12.0. The highest BCUT2D eigenvalue weighted by atomic mass is 16.6. The predicted molar refractivity (Wildman–Crippen MR) is 117 cm³/mol. The molecule has 31 heavy (non-hydrogen) atoms. The van der Waals surface area contributed by atoms with Crippen LogP contribution in [0.3, 0.4) is 0 Å². The first kappa shape index (κ1) is 19.6. The summed E-state index contributed by atoms with van der Waals surface area (Å²) in [6.45, 7) is 4.19. The van der Waals surface area contributed by atoms with E-state index in [9.17, 15) is 9.59 Å². The maximum Gasteiger partial charge on any atom is 0.338 e. The van der Waals surface area contributed by atoms with Crippen LogP contribution in [0.2, 0.25) is 0 Å². The van der Waals surface area contributed by atoms with Crippen molar-refractivity contribution in [2.24, 2.45) is 0 Å². The van der Waals surface area contributed by atoms with Crippen molar-refractivity contribution in [1.29, 1.82) is 0 Å². The van der Waals surface area contributed by atoms with Crippen LogP contribution in [0.5, 0.6) is 0 Å². The molecule has 0 amide bonds. The average Bonchev–Trinajstić information content (AvgIpc) is 3.31. The van der Waals surface area contributed by atoms with E-state index >= 15 is 0 Å². The van der Waals surface area contributed by atoms with Gasteiger partial charge in [0.15, 0.2) is 0 Å². The van der Waals surface area contributed by atoms with Gasteiger partial charge in [-0.1, -0.05) is 48.5 Å². The van der Waals surface area contributed by atoms with Gasteiger partial charge in [-0.3, -0.25) is 0 Å². The molecule has 1 saturated carbocycles. The Labute approximate surface area is 181 Å². The maximum atomic E-state index is 12.8. The van der Waals surface area contributed by atoms with E-state index in [1.807, 2.05) is 36.4 Å². The lowest BCUT2D eigenvalue weighted by Crippen LogP contribution is -2.39. The summed E-state index contributed by atoms with van der Waals surface area (Å²) in [6, 6.07) is 22.3. The molecule has 3 aromatic rings. The topological polar surface area (TPSA) is 52.6 Å². The SMILES string of the molecule is Cc1cc2c(cc1C)C1CC2[C@@H](OC(=O)c2ccccc2)[C@H]1OC(=O)c1ccccc1. The molecule has 2 aliphatic rings. The van der Waals surface area contributed by atoms with Gasteiger partial charge in [-0.2, -0.15) is 0 Å². The van der Waals surface area contributed by atoms with Crippen molar-refractivity contribution in [3.05, 3.63) is 106 Å². The minimum atomic E-state index is -0.500. The summed E-state index contributed by atoms with van der Waals surface area (Å²) in [5.41, 5.74) is 5.86. The van der Waals surface area contributed by atoms with Gasteiger partial charge in [0.2, 0.25) is 0 Å². The lowest BCUT2D eigenvalue weighted by molar-refractivity contribution is -0.0348. The predicted octanol–water partition coefficient (Wildman–Crippen LogP) is 5.34. The van der Waals surface area contributed by atoms with E-state index < -0.39 is 12.2 Å². The molecule has 156 valence electrons. The first-order valence-electron chi connectivity index (χ1n) is 10.7. The standard InChI is InChI=1S/C27H24O4/c1-16-13-20-21(14-17(16)2)23-15-22(20)24(30-26(28)18-9-5-3-6-10-18)25(23)31-27(29)19-11-7-4-8-12-19/h3-14,22-25H,15H2,1-2H3/t22?,23?,24-,25+. The van der Waals surface area contributed by atoms with Gasteiger partial charge in [0.05, 0.1) is 11.1 Å². The molecule has 2 unspecified atom stereocenters. The van der Waals surface area contributed by atoms with E-state index in [1.165, 1.54) is 22.3 Å². The van der Waals surface area contributed by atoms with Crippen molar-refractivity contribution in [2.45, 2.75) is 44.3 Å². The van der Waals surface area contributed by atoms with Crippen molar-refractivity contribution < 1.29 is 19.1 Å². The molecule has 2 bridgehead atoms. The molecule has 2 aliphatic carbocycles. The second kappa shape index (κ2) is 7.69. The second-order valence-electron chi connectivity index (χ2n) is 8.49. The van der Waals surface area contributed by atoms with Gasteiger partial charge in [-0.15, -0.1) is 0 Å². The van der Waals surface area contributed by atoms with Gasteiger partial charge >= 0.3 is 11.9 Å². The molecule has 0 aliphatic heterocycles. The molecule has 4 nitrogen and oxygen atoms in total. The van der Waals surface area contributed by atoms with Crippen LogP contribution >= 0.6 is 0 Å². The largest absolute Gasteiger partial charge is 0.454 e. The first-order chi connectivity index (χ1) is 15.0. The van der Waals surface area contributed by atoms with Crippen LogP contribution in [0.4, 0.5) is 0 Å². The summed E-state index contributed by atoms with van der Waals surface area (Å²) in [4.78, 5) is 25.7. The molecule has 4 heteroatoms. The molecule has 5 rings (SSSR count). The highest BCUT2D eigenvalue weighted by Crippen LogP contribution is 2.56. The monoisotopic (exact) mass is 412 g/mol. The Kier molecular flexibility index (Phi) is 4.85. The Morgan fingerprint density at radius 1 is 0.677 bits per heavy atom. The van der Waals surface area contributed by atoms with E-state index in [1.54, 1.807) is 24.3 Å². The minimum Gasteiger partial charge on any atom is -0.454 e. The molecule has 1 fully saturated rings. The number of fused-ring (bicyclic) bond motifs is 5. The average molecular weight is 412 g/mol. The second-order valence-corrected chi connectivity index (χ2v) is 8.49. The third-order valence-corrected chi connectivity index (χ3v) is 6.63. The highest BCUT2D eigenvalue weighted by Gasteiger charge is 2.55. The van der Waals surface area contributed by atoms with Crippen LogP contribution in [0.1, 0.15) is 61.2 Å². The van der Waals surface area contributed by atoms with E-state index in [4.69, 9.17) is 9.47 Å². The molecule has 3 aromatic carbocycles. The number of hydrogen-bond donors (Lipinski definition) is 0. The Hall–Kier alpha value is -3.40. The number of ether oxygens (including phenoxy) is 2. The van der Waals surface area contributed by atoms with E-state index in [2.05, 4.69) is 26.0 Å². The third-order valence-electron chi connectivity index (χ3n) is 6.63. The molecule has 0 aromatic heterocycles. The van der Waals surface area contributed by atoms with Crippen molar-refractivity contribution in [3.8, 4) is 0 Å². The minimum absolute atomic E-state index is 0.0283. The number of esters is 2. The van der Waals surface area contributed by atoms with Crippen LogP contribution in [0, 0.1) is 13.8 Å². The fraction of sp³-hybridized carbons (Fsp3) is 0.259. The van der Waals surface area contributed by atoms with E-state index in [0.29, 0.717) is 11.1 Å².